The van der Waals surface area contributed by atoms with E-state index in [1.807, 2.05) is 43.5 Å². The molecule has 2 aromatic heterocycles. The molecule has 0 aliphatic carbocycles. The fourth-order valence-corrected chi connectivity index (χ4v) is 2.30. The van der Waals surface area contributed by atoms with Gasteiger partial charge in [0.1, 0.15) is 5.82 Å². The highest BCUT2D eigenvalue weighted by Gasteiger charge is 2.09. The molecule has 20 heavy (non-hydrogen) atoms. The molecule has 0 atom stereocenters. The molecule has 1 amide bonds. The van der Waals surface area contributed by atoms with Crippen LogP contribution < -0.4 is 5.32 Å². The van der Waals surface area contributed by atoms with E-state index in [0.717, 1.165) is 27.7 Å². The Hall–Kier alpha value is -2.69. The zero-order chi connectivity index (χ0) is 14.1. The quantitative estimate of drug-likeness (QED) is 0.749. The summed E-state index contributed by atoms with van der Waals surface area (Å²) in [5, 5.41) is 10.8. The highest BCUT2D eigenvalue weighted by atomic mass is 16.1. The summed E-state index contributed by atoms with van der Waals surface area (Å²) in [6, 6.07) is 9.79. The van der Waals surface area contributed by atoms with Crippen LogP contribution in [-0.2, 0) is 4.79 Å². The average molecular weight is 266 g/mol. The zero-order valence-electron chi connectivity index (χ0n) is 11.3. The second kappa shape index (κ2) is 4.77. The summed E-state index contributed by atoms with van der Waals surface area (Å²) in [5.41, 5.74) is 3.97. The number of fused-ring (bicyclic) bond motifs is 1. The van der Waals surface area contributed by atoms with Crippen LogP contribution in [0.15, 0.2) is 36.5 Å². The Morgan fingerprint density at radius 2 is 2.05 bits per heavy atom. The first-order chi connectivity index (χ1) is 9.65. The van der Waals surface area contributed by atoms with E-state index in [0.29, 0.717) is 5.82 Å². The van der Waals surface area contributed by atoms with Gasteiger partial charge in [-0.1, -0.05) is 12.1 Å². The van der Waals surface area contributed by atoms with Crippen LogP contribution in [0.5, 0.6) is 0 Å². The molecule has 0 spiro atoms. The first-order valence-electron chi connectivity index (χ1n) is 6.33. The lowest BCUT2D eigenvalue weighted by Crippen LogP contribution is -2.08. The summed E-state index contributed by atoms with van der Waals surface area (Å²) in [4.78, 5) is 15.5. The van der Waals surface area contributed by atoms with Gasteiger partial charge in [-0.2, -0.15) is 5.10 Å². The summed E-state index contributed by atoms with van der Waals surface area (Å²) in [5.74, 6) is 0.444. The molecule has 2 N–H and O–H groups in total. The van der Waals surface area contributed by atoms with E-state index in [4.69, 9.17) is 0 Å². The molecule has 0 unspecified atom stereocenters. The third kappa shape index (κ3) is 2.14. The summed E-state index contributed by atoms with van der Waals surface area (Å²) in [6.45, 7) is 3.40. The largest absolute Gasteiger partial charge is 0.311 e. The lowest BCUT2D eigenvalue weighted by molar-refractivity contribution is -0.114. The number of rotatable bonds is 2. The van der Waals surface area contributed by atoms with Crippen molar-refractivity contribution in [3.05, 3.63) is 42.2 Å². The first kappa shape index (κ1) is 12.3. The third-order valence-electron chi connectivity index (χ3n) is 3.16. The van der Waals surface area contributed by atoms with Gasteiger partial charge < -0.3 is 5.32 Å². The molecular weight excluding hydrogens is 252 g/mol. The van der Waals surface area contributed by atoms with Crippen molar-refractivity contribution in [3.63, 3.8) is 0 Å². The van der Waals surface area contributed by atoms with Gasteiger partial charge in [0.25, 0.3) is 0 Å². The van der Waals surface area contributed by atoms with Crippen molar-refractivity contribution in [2.75, 3.05) is 5.32 Å². The number of nitrogens with one attached hydrogen (secondary N) is 2. The van der Waals surface area contributed by atoms with Crippen molar-refractivity contribution in [1.29, 1.82) is 0 Å². The molecule has 0 aliphatic heterocycles. The standard InChI is InChI=1S/C15H14N4O/c1-9-11(6-7-15(17-9)18-10(2)20)12-4-3-5-14-13(12)8-16-19-14/h3-8H,1-2H3,(H,16,19)(H,17,18,20). The van der Waals surface area contributed by atoms with Crippen molar-refractivity contribution in [1.82, 2.24) is 15.2 Å². The Labute approximate surface area is 116 Å². The van der Waals surface area contributed by atoms with Gasteiger partial charge in [0.05, 0.1) is 11.7 Å². The summed E-state index contributed by atoms with van der Waals surface area (Å²) in [7, 11) is 0. The number of benzene rings is 1. The topological polar surface area (TPSA) is 70.7 Å². The number of anilines is 1. The van der Waals surface area contributed by atoms with Gasteiger partial charge in [0.2, 0.25) is 5.91 Å². The summed E-state index contributed by atoms with van der Waals surface area (Å²) in [6.07, 6.45) is 1.81. The molecule has 3 rings (SSSR count). The van der Waals surface area contributed by atoms with E-state index in [1.54, 1.807) is 0 Å². The number of hydrogen-bond acceptors (Lipinski definition) is 3. The second-order valence-electron chi connectivity index (χ2n) is 4.65. The molecular formula is C15H14N4O. The smallest absolute Gasteiger partial charge is 0.222 e. The predicted octanol–water partition coefficient (Wildman–Crippen LogP) is 2.89. The average Bonchev–Trinajstić information content (AvgIpc) is 2.86. The maximum absolute atomic E-state index is 11.1. The molecule has 1 aromatic carbocycles. The number of aromatic nitrogens is 3. The van der Waals surface area contributed by atoms with E-state index < -0.39 is 0 Å². The number of aryl methyl sites for hydroxylation is 1. The fourth-order valence-electron chi connectivity index (χ4n) is 2.30. The SMILES string of the molecule is CC(=O)Nc1ccc(-c2cccc3[nH]ncc23)c(C)n1. The van der Waals surface area contributed by atoms with Gasteiger partial charge in [0, 0.05) is 23.6 Å². The number of aromatic amines is 1. The van der Waals surface area contributed by atoms with Gasteiger partial charge in [-0.05, 0) is 30.7 Å². The van der Waals surface area contributed by atoms with E-state index in [-0.39, 0.29) is 5.91 Å². The number of carbonyl (C=O) groups excluding carboxylic acids is 1. The van der Waals surface area contributed by atoms with Crippen LogP contribution in [0.1, 0.15) is 12.6 Å². The van der Waals surface area contributed by atoms with Crippen LogP contribution in [0.3, 0.4) is 0 Å². The van der Waals surface area contributed by atoms with E-state index >= 15 is 0 Å². The lowest BCUT2D eigenvalue weighted by Gasteiger charge is -2.09. The van der Waals surface area contributed by atoms with Crippen LogP contribution in [0.25, 0.3) is 22.0 Å². The molecule has 0 bridgehead atoms. The second-order valence-corrected chi connectivity index (χ2v) is 4.65. The van der Waals surface area contributed by atoms with Crippen molar-refractivity contribution < 1.29 is 4.79 Å². The van der Waals surface area contributed by atoms with E-state index in [9.17, 15) is 4.79 Å². The van der Waals surface area contributed by atoms with Crippen LogP contribution in [0, 0.1) is 6.92 Å². The molecule has 3 aromatic rings. The summed E-state index contributed by atoms with van der Waals surface area (Å²) >= 11 is 0. The Balaban J connectivity index is 2.10. The van der Waals surface area contributed by atoms with E-state index in [1.165, 1.54) is 6.92 Å². The van der Waals surface area contributed by atoms with Crippen LogP contribution in [0.4, 0.5) is 5.82 Å². The number of H-pyrrole nitrogens is 1. The van der Waals surface area contributed by atoms with Crippen molar-refractivity contribution in [3.8, 4) is 11.1 Å². The Kier molecular flexibility index (Phi) is 2.95. The Bertz CT molecular complexity index is 791. The number of nitrogens with zero attached hydrogens (tertiary/aromatic N) is 2. The molecule has 0 fully saturated rings. The summed E-state index contributed by atoms with van der Waals surface area (Å²) < 4.78 is 0. The van der Waals surface area contributed by atoms with Crippen molar-refractivity contribution >= 4 is 22.6 Å². The van der Waals surface area contributed by atoms with Crippen LogP contribution >= 0.6 is 0 Å². The monoisotopic (exact) mass is 266 g/mol. The Morgan fingerprint density at radius 1 is 1.20 bits per heavy atom. The molecule has 5 heteroatoms. The highest BCUT2D eigenvalue weighted by Crippen LogP contribution is 2.29. The van der Waals surface area contributed by atoms with Crippen LogP contribution in [0.2, 0.25) is 0 Å². The molecule has 5 nitrogen and oxygen atoms in total. The predicted molar refractivity (Wildman–Crippen MR) is 78.4 cm³/mol. The number of carbonyl (C=O) groups is 1. The van der Waals surface area contributed by atoms with Gasteiger partial charge in [0.15, 0.2) is 0 Å². The number of pyridine rings is 1. The van der Waals surface area contributed by atoms with Gasteiger partial charge >= 0.3 is 0 Å². The number of hydrogen-bond donors (Lipinski definition) is 2. The third-order valence-corrected chi connectivity index (χ3v) is 3.16. The molecule has 0 saturated carbocycles. The Morgan fingerprint density at radius 3 is 2.80 bits per heavy atom. The highest BCUT2D eigenvalue weighted by molar-refractivity contribution is 5.95. The number of amides is 1. The maximum atomic E-state index is 11.1. The van der Waals surface area contributed by atoms with Crippen molar-refractivity contribution in [2.45, 2.75) is 13.8 Å². The minimum Gasteiger partial charge on any atom is -0.311 e. The maximum Gasteiger partial charge on any atom is 0.222 e. The minimum absolute atomic E-state index is 0.124. The van der Waals surface area contributed by atoms with Gasteiger partial charge in [-0.15, -0.1) is 0 Å². The van der Waals surface area contributed by atoms with Crippen LogP contribution in [-0.4, -0.2) is 21.1 Å². The van der Waals surface area contributed by atoms with E-state index in [2.05, 4.69) is 20.5 Å². The minimum atomic E-state index is -0.124. The van der Waals surface area contributed by atoms with Crippen molar-refractivity contribution in [2.24, 2.45) is 0 Å². The molecule has 0 saturated heterocycles. The molecule has 0 aliphatic rings. The zero-order valence-corrected chi connectivity index (χ0v) is 11.3. The first-order valence-corrected chi connectivity index (χ1v) is 6.33. The molecule has 0 radical (unpaired) electrons. The normalized spacial score (nSPS) is 10.7. The fraction of sp³-hybridized carbons (Fsp3) is 0.133. The molecule has 100 valence electrons. The van der Waals surface area contributed by atoms with Gasteiger partial charge in [-0.3, -0.25) is 9.89 Å². The lowest BCUT2D eigenvalue weighted by atomic mass is 10.0. The van der Waals surface area contributed by atoms with Gasteiger partial charge in [-0.25, -0.2) is 4.98 Å². The molecule has 2 heterocycles.